The molecule has 2 rings (SSSR count). The van der Waals surface area contributed by atoms with E-state index >= 15 is 0 Å². The number of hydrogen-bond acceptors (Lipinski definition) is 3. The lowest BCUT2D eigenvalue weighted by Gasteiger charge is -2.12. The highest BCUT2D eigenvalue weighted by Crippen LogP contribution is 2.22. The predicted molar refractivity (Wildman–Crippen MR) is 80.9 cm³/mol. The fourth-order valence-corrected chi connectivity index (χ4v) is 1.95. The van der Waals surface area contributed by atoms with Crippen molar-refractivity contribution in [1.29, 1.82) is 0 Å². The van der Waals surface area contributed by atoms with Crippen molar-refractivity contribution in [3.63, 3.8) is 0 Å². The van der Waals surface area contributed by atoms with Crippen molar-refractivity contribution in [2.75, 3.05) is 10.6 Å². The Morgan fingerprint density at radius 1 is 1.20 bits per heavy atom. The molecule has 0 saturated carbocycles. The molecule has 0 aliphatic heterocycles. The molecular formula is C16H18N2O2. The number of para-hydroxylation sites is 1. The van der Waals surface area contributed by atoms with Crippen molar-refractivity contribution in [3.8, 4) is 5.75 Å². The third-order valence-corrected chi connectivity index (χ3v) is 3.01. The number of anilines is 2. The Labute approximate surface area is 118 Å². The van der Waals surface area contributed by atoms with Gasteiger partial charge in [-0.15, -0.1) is 0 Å². The van der Waals surface area contributed by atoms with Crippen LogP contribution in [0.3, 0.4) is 0 Å². The summed E-state index contributed by atoms with van der Waals surface area (Å²) in [6, 6.07) is 13.0. The summed E-state index contributed by atoms with van der Waals surface area (Å²) in [5.41, 5.74) is 3.57. The van der Waals surface area contributed by atoms with Crippen LogP contribution in [-0.2, 0) is 11.3 Å². The molecule has 0 aromatic heterocycles. The highest BCUT2D eigenvalue weighted by atomic mass is 16.3. The lowest BCUT2D eigenvalue weighted by Crippen LogP contribution is -2.10. The summed E-state index contributed by atoms with van der Waals surface area (Å²) >= 11 is 0. The number of benzene rings is 2. The van der Waals surface area contributed by atoms with Crippen molar-refractivity contribution in [1.82, 2.24) is 0 Å². The smallest absolute Gasteiger partial charge is 0.221 e. The zero-order valence-electron chi connectivity index (χ0n) is 11.6. The van der Waals surface area contributed by atoms with Gasteiger partial charge < -0.3 is 15.7 Å². The number of carbonyl (C=O) groups is 1. The number of phenolic OH excluding ortho intramolecular Hbond substituents is 1. The lowest BCUT2D eigenvalue weighted by atomic mass is 10.1. The minimum absolute atomic E-state index is 0.0853. The molecule has 0 unspecified atom stereocenters. The van der Waals surface area contributed by atoms with E-state index in [9.17, 15) is 9.90 Å². The number of phenols is 1. The van der Waals surface area contributed by atoms with E-state index in [1.807, 2.05) is 43.3 Å². The van der Waals surface area contributed by atoms with Crippen molar-refractivity contribution < 1.29 is 9.90 Å². The van der Waals surface area contributed by atoms with Crippen LogP contribution in [0.2, 0.25) is 0 Å². The summed E-state index contributed by atoms with van der Waals surface area (Å²) in [5.74, 6) is 0.201. The molecule has 4 heteroatoms. The minimum Gasteiger partial charge on any atom is -0.508 e. The van der Waals surface area contributed by atoms with E-state index in [1.54, 1.807) is 6.07 Å². The first-order chi connectivity index (χ1) is 9.56. The minimum atomic E-state index is -0.0853. The van der Waals surface area contributed by atoms with Crippen molar-refractivity contribution in [3.05, 3.63) is 53.6 Å². The number of nitrogens with one attached hydrogen (secondary N) is 2. The highest BCUT2D eigenvalue weighted by Gasteiger charge is 2.04. The molecule has 20 heavy (non-hydrogen) atoms. The second-order valence-electron chi connectivity index (χ2n) is 4.69. The zero-order valence-corrected chi connectivity index (χ0v) is 11.6. The van der Waals surface area contributed by atoms with Gasteiger partial charge in [0.25, 0.3) is 0 Å². The third kappa shape index (κ3) is 3.51. The summed E-state index contributed by atoms with van der Waals surface area (Å²) in [5, 5.41) is 15.6. The number of carbonyl (C=O) groups excluding carboxylic acids is 1. The summed E-state index contributed by atoms with van der Waals surface area (Å²) in [6.07, 6.45) is 0. The molecule has 0 fully saturated rings. The van der Waals surface area contributed by atoms with Crippen molar-refractivity contribution in [2.24, 2.45) is 0 Å². The Balaban J connectivity index is 2.10. The summed E-state index contributed by atoms with van der Waals surface area (Å²) in [6.45, 7) is 3.94. The molecule has 4 nitrogen and oxygen atoms in total. The standard InChI is InChI=1S/C16H18N2O2/c1-11-9-14(7-8-16(11)20)17-10-13-5-3-4-6-15(13)18-12(2)19/h3-9,17,20H,10H2,1-2H3,(H,18,19). The Morgan fingerprint density at radius 2 is 1.95 bits per heavy atom. The van der Waals surface area contributed by atoms with Gasteiger partial charge in [-0.3, -0.25) is 4.79 Å². The fraction of sp³-hybridized carbons (Fsp3) is 0.188. The van der Waals surface area contributed by atoms with E-state index in [0.717, 1.165) is 22.5 Å². The van der Waals surface area contributed by atoms with E-state index in [-0.39, 0.29) is 11.7 Å². The molecule has 3 N–H and O–H groups in total. The molecule has 0 heterocycles. The first-order valence-electron chi connectivity index (χ1n) is 6.45. The van der Waals surface area contributed by atoms with Gasteiger partial charge in [0.15, 0.2) is 0 Å². The van der Waals surface area contributed by atoms with Gasteiger partial charge in [0.05, 0.1) is 0 Å². The van der Waals surface area contributed by atoms with Crippen LogP contribution in [0.4, 0.5) is 11.4 Å². The fourth-order valence-electron chi connectivity index (χ4n) is 1.95. The molecule has 1 amide bonds. The van der Waals surface area contributed by atoms with Gasteiger partial charge in [0, 0.05) is 24.8 Å². The van der Waals surface area contributed by atoms with Crippen LogP contribution in [0.5, 0.6) is 5.75 Å². The normalized spacial score (nSPS) is 10.1. The second kappa shape index (κ2) is 6.10. The molecule has 0 aliphatic rings. The Hall–Kier alpha value is -2.49. The van der Waals surface area contributed by atoms with Crippen LogP contribution < -0.4 is 10.6 Å². The topological polar surface area (TPSA) is 61.4 Å². The maximum Gasteiger partial charge on any atom is 0.221 e. The monoisotopic (exact) mass is 270 g/mol. The highest BCUT2D eigenvalue weighted by molar-refractivity contribution is 5.89. The quantitative estimate of drug-likeness (QED) is 0.747. The molecule has 104 valence electrons. The van der Waals surface area contributed by atoms with Crippen molar-refractivity contribution in [2.45, 2.75) is 20.4 Å². The average Bonchev–Trinajstić information content (AvgIpc) is 2.41. The molecule has 0 spiro atoms. The van der Waals surface area contributed by atoms with Gasteiger partial charge in [-0.25, -0.2) is 0 Å². The van der Waals surface area contributed by atoms with Gasteiger partial charge in [-0.2, -0.15) is 0 Å². The third-order valence-electron chi connectivity index (χ3n) is 3.01. The molecule has 2 aromatic rings. The van der Waals surface area contributed by atoms with Crippen LogP contribution in [0.1, 0.15) is 18.1 Å². The number of aromatic hydroxyl groups is 1. The van der Waals surface area contributed by atoms with Gasteiger partial charge in [0.1, 0.15) is 5.75 Å². The van der Waals surface area contributed by atoms with Crippen LogP contribution in [0, 0.1) is 6.92 Å². The van der Waals surface area contributed by atoms with Gasteiger partial charge in [-0.05, 0) is 42.3 Å². The van der Waals surface area contributed by atoms with E-state index < -0.39 is 0 Å². The number of aryl methyl sites for hydroxylation is 1. The van der Waals surface area contributed by atoms with Crippen LogP contribution in [0.25, 0.3) is 0 Å². The molecule has 0 saturated heterocycles. The molecule has 0 bridgehead atoms. The molecular weight excluding hydrogens is 252 g/mol. The molecule has 0 radical (unpaired) electrons. The zero-order chi connectivity index (χ0) is 14.5. The maximum atomic E-state index is 11.2. The number of rotatable bonds is 4. The van der Waals surface area contributed by atoms with E-state index in [2.05, 4.69) is 10.6 Å². The predicted octanol–water partition coefficient (Wildman–Crippen LogP) is 3.27. The molecule has 2 aromatic carbocycles. The van der Waals surface area contributed by atoms with E-state index in [1.165, 1.54) is 6.92 Å². The summed E-state index contributed by atoms with van der Waals surface area (Å²) in [4.78, 5) is 11.2. The van der Waals surface area contributed by atoms with Gasteiger partial charge in [-0.1, -0.05) is 18.2 Å². The Bertz CT molecular complexity index is 624. The second-order valence-corrected chi connectivity index (χ2v) is 4.69. The van der Waals surface area contributed by atoms with E-state index in [4.69, 9.17) is 0 Å². The van der Waals surface area contributed by atoms with Crippen LogP contribution in [-0.4, -0.2) is 11.0 Å². The maximum absolute atomic E-state index is 11.2. The lowest BCUT2D eigenvalue weighted by molar-refractivity contribution is -0.114. The largest absolute Gasteiger partial charge is 0.508 e. The number of hydrogen-bond donors (Lipinski definition) is 3. The van der Waals surface area contributed by atoms with E-state index in [0.29, 0.717) is 6.54 Å². The van der Waals surface area contributed by atoms with Gasteiger partial charge >= 0.3 is 0 Å². The van der Waals surface area contributed by atoms with Crippen LogP contribution in [0.15, 0.2) is 42.5 Å². The molecule has 0 atom stereocenters. The number of amides is 1. The van der Waals surface area contributed by atoms with Crippen LogP contribution >= 0.6 is 0 Å². The SMILES string of the molecule is CC(=O)Nc1ccccc1CNc1ccc(O)c(C)c1. The molecule has 0 aliphatic carbocycles. The van der Waals surface area contributed by atoms with Gasteiger partial charge in [0.2, 0.25) is 5.91 Å². The first kappa shape index (κ1) is 13.9. The van der Waals surface area contributed by atoms with Crippen molar-refractivity contribution >= 4 is 17.3 Å². The Morgan fingerprint density at radius 3 is 2.65 bits per heavy atom. The summed E-state index contributed by atoms with van der Waals surface area (Å²) in [7, 11) is 0. The first-order valence-corrected chi connectivity index (χ1v) is 6.45. The Kier molecular flexibility index (Phi) is 4.25. The average molecular weight is 270 g/mol. The summed E-state index contributed by atoms with van der Waals surface area (Å²) < 4.78 is 0.